The first-order valence-corrected chi connectivity index (χ1v) is 12.4. The molecule has 180 valence electrons. The van der Waals surface area contributed by atoms with Gasteiger partial charge < -0.3 is 0 Å². The normalized spacial score (nSPS) is 18.3. The standard InChI is InChI=1S/C30H32F4/c1-3-4-20-6-11-23(12-7-20)26-18-16-24(28(32)30(26)34)15-10-21-8-13-22(14-9-21)25-17-5-19(2)27(31)29(25)33/h5,8-9,13-14,16-18,20,23H,3-4,6-7,10-12,15H2,1-2H3. The van der Waals surface area contributed by atoms with Crippen LogP contribution in [0.15, 0.2) is 48.5 Å². The van der Waals surface area contributed by atoms with E-state index in [1.54, 1.807) is 36.4 Å². The van der Waals surface area contributed by atoms with E-state index in [1.165, 1.54) is 19.8 Å². The second kappa shape index (κ2) is 10.8. The second-order valence-corrected chi connectivity index (χ2v) is 9.70. The average molecular weight is 469 g/mol. The zero-order valence-corrected chi connectivity index (χ0v) is 19.9. The van der Waals surface area contributed by atoms with Crippen molar-refractivity contribution in [2.45, 2.75) is 71.1 Å². The number of hydrogen-bond donors (Lipinski definition) is 0. The number of aryl methyl sites for hydroxylation is 3. The Bertz CT molecular complexity index is 1130. The monoisotopic (exact) mass is 468 g/mol. The Kier molecular flexibility index (Phi) is 7.75. The van der Waals surface area contributed by atoms with Gasteiger partial charge in [0.25, 0.3) is 0 Å². The Morgan fingerprint density at radius 2 is 1.41 bits per heavy atom. The second-order valence-electron chi connectivity index (χ2n) is 9.70. The van der Waals surface area contributed by atoms with Gasteiger partial charge in [-0.1, -0.05) is 68.3 Å². The van der Waals surface area contributed by atoms with Crippen LogP contribution < -0.4 is 0 Å². The largest absolute Gasteiger partial charge is 0.203 e. The lowest BCUT2D eigenvalue weighted by Crippen LogP contribution is -2.15. The molecule has 1 saturated carbocycles. The molecule has 0 bridgehead atoms. The van der Waals surface area contributed by atoms with Crippen LogP contribution in [0.2, 0.25) is 0 Å². The highest BCUT2D eigenvalue weighted by Crippen LogP contribution is 2.39. The van der Waals surface area contributed by atoms with Crippen LogP contribution in [0, 0.1) is 36.1 Å². The molecule has 0 heterocycles. The summed E-state index contributed by atoms with van der Waals surface area (Å²) < 4.78 is 57.9. The zero-order valence-electron chi connectivity index (χ0n) is 19.9. The summed E-state index contributed by atoms with van der Waals surface area (Å²) in [7, 11) is 0. The van der Waals surface area contributed by atoms with E-state index in [9.17, 15) is 17.6 Å². The minimum absolute atomic E-state index is 0.108. The number of halogens is 4. The van der Waals surface area contributed by atoms with E-state index in [-0.39, 0.29) is 17.0 Å². The van der Waals surface area contributed by atoms with Gasteiger partial charge in [-0.05, 0) is 85.1 Å². The first kappa shape index (κ1) is 24.5. The van der Waals surface area contributed by atoms with E-state index in [0.717, 1.165) is 37.2 Å². The quantitative estimate of drug-likeness (QED) is 0.303. The Hall–Kier alpha value is -2.62. The van der Waals surface area contributed by atoms with Crippen LogP contribution in [0.5, 0.6) is 0 Å². The summed E-state index contributed by atoms with van der Waals surface area (Å²) >= 11 is 0. The molecule has 34 heavy (non-hydrogen) atoms. The predicted octanol–water partition coefficient (Wildman–Crippen LogP) is 9.08. The molecular weight excluding hydrogens is 436 g/mol. The Labute approximate surface area is 200 Å². The lowest BCUT2D eigenvalue weighted by Gasteiger charge is -2.29. The van der Waals surface area contributed by atoms with Crippen LogP contribution in [0.1, 0.15) is 73.6 Å². The molecule has 0 aromatic heterocycles. The molecule has 1 aliphatic rings. The fourth-order valence-electron chi connectivity index (χ4n) is 5.28. The predicted molar refractivity (Wildman–Crippen MR) is 130 cm³/mol. The van der Waals surface area contributed by atoms with Gasteiger partial charge in [0, 0.05) is 5.56 Å². The summed E-state index contributed by atoms with van der Waals surface area (Å²) in [4.78, 5) is 0. The van der Waals surface area contributed by atoms with Crippen LogP contribution >= 0.6 is 0 Å². The van der Waals surface area contributed by atoms with Crippen molar-refractivity contribution in [1.29, 1.82) is 0 Å². The van der Waals surface area contributed by atoms with Crippen molar-refractivity contribution < 1.29 is 17.6 Å². The van der Waals surface area contributed by atoms with Crippen molar-refractivity contribution in [1.82, 2.24) is 0 Å². The summed E-state index contributed by atoms with van der Waals surface area (Å²) in [6, 6.07) is 13.7. The molecule has 0 atom stereocenters. The van der Waals surface area contributed by atoms with Gasteiger partial charge in [-0.3, -0.25) is 0 Å². The summed E-state index contributed by atoms with van der Waals surface area (Å²) in [5.41, 5.74) is 2.87. The highest BCUT2D eigenvalue weighted by molar-refractivity contribution is 5.65. The van der Waals surface area contributed by atoms with Gasteiger partial charge in [-0.15, -0.1) is 0 Å². The van der Waals surface area contributed by atoms with Crippen molar-refractivity contribution in [3.05, 3.63) is 94.1 Å². The zero-order chi connectivity index (χ0) is 24.2. The van der Waals surface area contributed by atoms with Crippen LogP contribution in [-0.2, 0) is 12.8 Å². The van der Waals surface area contributed by atoms with Crippen LogP contribution in [0.25, 0.3) is 11.1 Å². The summed E-state index contributed by atoms with van der Waals surface area (Å²) in [5.74, 6) is -2.29. The third kappa shape index (κ3) is 5.21. The van der Waals surface area contributed by atoms with Gasteiger partial charge >= 0.3 is 0 Å². The van der Waals surface area contributed by atoms with Crippen molar-refractivity contribution >= 4 is 0 Å². The van der Waals surface area contributed by atoms with Crippen LogP contribution in [0.3, 0.4) is 0 Å². The minimum Gasteiger partial charge on any atom is -0.203 e. The van der Waals surface area contributed by atoms with Gasteiger partial charge in [0.2, 0.25) is 0 Å². The molecule has 3 aromatic rings. The summed E-state index contributed by atoms with van der Waals surface area (Å²) in [6.07, 6.45) is 7.35. The molecule has 4 rings (SSSR count). The average Bonchev–Trinajstić information content (AvgIpc) is 2.85. The molecule has 4 heteroatoms. The molecule has 0 amide bonds. The third-order valence-corrected chi connectivity index (χ3v) is 7.40. The van der Waals surface area contributed by atoms with E-state index < -0.39 is 23.3 Å². The maximum Gasteiger partial charge on any atom is 0.166 e. The molecule has 0 N–H and O–H groups in total. The van der Waals surface area contributed by atoms with Gasteiger partial charge in [0.05, 0.1) is 0 Å². The van der Waals surface area contributed by atoms with E-state index in [2.05, 4.69) is 6.92 Å². The molecule has 1 fully saturated rings. The van der Waals surface area contributed by atoms with Crippen molar-refractivity contribution in [2.24, 2.45) is 5.92 Å². The fourth-order valence-corrected chi connectivity index (χ4v) is 5.28. The van der Waals surface area contributed by atoms with Gasteiger partial charge in [-0.2, -0.15) is 0 Å². The van der Waals surface area contributed by atoms with Crippen molar-refractivity contribution in [3.63, 3.8) is 0 Å². The molecule has 0 nitrogen and oxygen atoms in total. The highest BCUT2D eigenvalue weighted by atomic mass is 19.2. The lowest BCUT2D eigenvalue weighted by molar-refractivity contribution is 0.302. The number of hydrogen-bond acceptors (Lipinski definition) is 0. The number of rotatable bonds is 7. The Morgan fingerprint density at radius 1 is 0.706 bits per heavy atom. The Morgan fingerprint density at radius 3 is 2.09 bits per heavy atom. The highest BCUT2D eigenvalue weighted by Gasteiger charge is 2.26. The van der Waals surface area contributed by atoms with Crippen molar-refractivity contribution in [3.8, 4) is 11.1 Å². The smallest absolute Gasteiger partial charge is 0.166 e. The first-order chi connectivity index (χ1) is 16.4. The minimum atomic E-state index is -0.857. The molecule has 0 aliphatic heterocycles. The lowest BCUT2D eigenvalue weighted by atomic mass is 9.77. The Balaban J connectivity index is 1.41. The van der Waals surface area contributed by atoms with Crippen LogP contribution in [-0.4, -0.2) is 0 Å². The van der Waals surface area contributed by atoms with E-state index in [0.29, 0.717) is 29.5 Å². The van der Waals surface area contributed by atoms with Crippen molar-refractivity contribution in [2.75, 3.05) is 0 Å². The SMILES string of the molecule is CCCC1CCC(c2ccc(CCc3ccc(-c4ccc(C)c(F)c4F)cc3)c(F)c2F)CC1. The third-order valence-electron chi connectivity index (χ3n) is 7.40. The van der Waals surface area contributed by atoms with Gasteiger partial charge in [-0.25, -0.2) is 17.6 Å². The molecule has 0 unspecified atom stereocenters. The van der Waals surface area contributed by atoms with E-state index in [1.807, 2.05) is 12.1 Å². The maximum absolute atomic E-state index is 14.9. The van der Waals surface area contributed by atoms with E-state index in [4.69, 9.17) is 0 Å². The topological polar surface area (TPSA) is 0 Å². The van der Waals surface area contributed by atoms with Gasteiger partial charge in [0.15, 0.2) is 23.3 Å². The van der Waals surface area contributed by atoms with Crippen LogP contribution in [0.4, 0.5) is 17.6 Å². The first-order valence-electron chi connectivity index (χ1n) is 12.4. The fraction of sp³-hybridized carbons (Fsp3) is 0.400. The van der Waals surface area contributed by atoms with E-state index >= 15 is 0 Å². The summed E-state index contributed by atoms with van der Waals surface area (Å²) in [5, 5.41) is 0. The molecule has 0 radical (unpaired) electrons. The summed E-state index contributed by atoms with van der Waals surface area (Å²) in [6.45, 7) is 3.72. The molecule has 3 aromatic carbocycles. The number of benzene rings is 3. The molecule has 0 saturated heterocycles. The molecule has 0 spiro atoms. The maximum atomic E-state index is 14.9. The molecule has 1 aliphatic carbocycles. The van der Waals surface area contributed by atoms with Gasteiger partial charge in [0.1, 0.15) is 0 Å². The molecular formula is C30H32F4.